The first-order valence-electron chi connectivity index (χ1n) is 6.59. The number of halogens is 1. The minimum Gasteiger partial charge on any atom is -0.466 e. The van der Waals surface area contributed by atoms with Crippen LogP contribution in [0.15, 0.2) is 29.2 Å². The topological polar surface area (TPSA) is 60.4 Å². The highest BCUT2D eigenvalue weighted by Gasteiger charge is 2.13. The molecule has 0 radical (unpaired) electrons. The molecule has 0 saturated heterocycles. The molecule has 0 unspecified atom stereocenters. The quantitative estimate of drug-likeness (QED) is 0.421. The zero-order chi connectivity index (χ0) is 15.0. The molecule has 0 amide bonds. The summed E-state index contributed by atoms with van der Waals surface area (Å²) in [4.78, 5) is 11.2. The molecule has 0 N–H and O–H groups in total. The SMILES string of the molecule is CCOC(=O)CCCCCS(=O)(=O)c1ccc(F)cc1. The van der Waals surface area contributed by atoms with Gasteiger partial charge in [0.15, 0.2) is 9.84 Å². The van der Waals surface area contributed by atoms with Gasteiger partial charge in [-0.25, -0.2) is 12.8 Å². The van der Waals surface area contributed by atoms with E-state index in [1.807, 2.05) is 0 Å². The Labute approximate surface area is 118 Å². The van der Waals surface area contributed by atoms with Gasteiger partial charge in [0.1, 0.15) is 5.82 Å². The number of benzene rings is 1. The molecule has 0 fully saturated rings. The fourth-order valence-corrected chi connectivity index (χ4v) is 3.10. The van der Waals surface area contributed by atoms with Gasteiger partial charge in [-0.2, -0.15) is 0 Å². The first-order valence-corrected chi connectivity index (χ1v) is 8.25. The maximum Gasteiger partial charge on any atom is 0.305 e. The summed E-state index contributed by atoms with van der Waals surface area (Å²) in [5, 5.41) is 0. The fraction of sp³-hybridized carbons (Fsp3) is 0.500. The lowest BCUT2D eigenvalue weighted by Gasteiger charge is -2.05. The average molecular weight is 302 g/mol. The van der Waals surface area contributed by atoms with Crippen LogP contribution in [0, 0.1) is 5.82 Å². The van der Waals surface area contributed by atoms with E-state index in [9.17, 15) is 17.6 Å². The zero-order valence-electron chi connectivity index (χ0n) is 11.5. The van der Waals surface area contributed by atoms with E-state index in [1.165, 1.54) is 12.1 Å². The Morgan fingerprint density at radius 1 is 1.15 bits per heavy atom. The second-order valence-corrected chi connectivity index (χ2v) is 6.50. The van der Waals surface area contributed by atoms with E-state index < -0.39 is 15.7 Å². The largest absolute Gasteiger partial charge is 0.466 e. The molecule has 1 rings (SSSR count). The van der Waals surface area contributed by atoms with Gasteiger partial charge in [-0.15, -0.1) is 0 Å². The van der Waals surface area contributed by atoms with E-state index >= 15 is 0 Å². The number of hydrogen-bond donors (Lipinski definition) is 0. The van der Waals surface area contributed by atoms with Crippen molar-refractivity contribution in [3.63, 3.8) is 0 Å². The van der Waals surface area contributed by atoms with Gasteiger partial charge in [0.25, 0.3) is 0 Å². The van der Waals surface area contributed by atoms with Crippen molar-refractivity contribution in [3.05, 3.63) is 30.1 Å². The number of hydrogen-bond acceptors (Lipinski definition) is 4. The highest BCUT2D eigenvalue weighted by molar-refractivity contribution is 7.91. The van der Waals surface area contributed by atoms with Crippen molar-refractivity contribution in [3.8, 4) is 0 Å². The predicted octanol–water partition coefficient (Wildman–Crippen LogP) is 2.72. The molecule has 1 aromatic rings. The van der Waals surface area contributed by atoms with E-state index in [4.69, 9.17) is 4.74 Å². The fourth-order valence-electron chi connectivity index (χ4n) is 1.73. The van der Waals surface area contributed by atoms with Crippen molar-refractivity contribution in [1.82, 2.24) is 0 Å². The zero-order valence-corrected chi connectivity index (χ0v) is 12.3. The Morgan fingerprint density at radius 2 is 1.80 bits per heavy atom. The number of unbranched alkanes of at least 4 members (excludes halogenated alkanes) is 2. The molecule has 6 heteroatoms. The Balaban J connectivity index is 2.34. The van der Waals surface area contributed by atoms with Crippen LogP contribution in [-0.4, -0.2) is 26.7 Å². The molecular formula is C14H19FO4S. The second kappa shape index (κ2) is 7.99. The van der Waals surface area contributed by atoms with E-state index in [-0.39, 0.29) is 16.6 Å². The van der Waals surface area contributed by atoms with Gasteiger partial charge < -0.3 is 4.74 Å². The Kier molecular flexibility index (Phi) is 6.64. The van der Waals surface area contributed by atoms with Gasteiger partial charge in [0, 0.05) is 6.42 Å². The van der Waals surface area contributed by atoms with Gasteiger partial charge in [-0.05, 0) is 44.0 Å². The van der Waals surface area contributed by atoms with Crippen LogP contribution in [0.1, 0.15) is 32.6 Å². The van der Waals surface area contributed by atoms with Crippen LogP contribution < -0.4 is 0 Å². The highest BCUT2D eigenvalue weighted by atomic mass is 32.2. The lowest BCUT2D eigenvalue weighted by atomic mass is 10.2. The predicted molar refractivity (Wildman–Crippen MR) is 73.6 cm³/mol. The van der Waals surface area contributed by atoms with Gasteiger partial charge in [0.2, 0.25) is 0 Å². The van der Waals surface area contributed by atoms with Gasteiger partial charge in [-0.1, -0.05) is 6.42 Å². The van der Waals surface area contributed by atoms with Crippen molar-refractivity contribution < 1.29 is 22.3 Å². The third-order valence-electron chi connectivity index (χ3n) is 2.77. The van der Waals surface area contributed by atoms with Gasteiger partial charge in [0.05, 0.1) is 17.3 Å². The molecule has 1 aromatic carbocycles. The van der Waals surface area contributed by atoms with Crippen molar-refractivity contribution in [2.75, 3.05) is 12.4 Å². The molecule has 0 aromatic heterocycles. The maximum atomic E-state index is 12.7. The van der Waals surface area contributed by atoms with E-state index in [1.54, 1.807) is 6.92 Å². The minimum absolute atomic E-state index is 0.00145. The number of carbonyl (C=O) groups excluding carboxylic acids is 1. The highest BCUT2D eigenvalue weighted by Crippen LogP contribution is 2.14. The molecule has 112 valence electrons. The number of carbonyl (C=O) groups is 1. The summed E-state index contributed by atoms with van der Waals surface area (Å²) in [7, 11) is -3.37. The van der Waals surface area contributed by atoms with Crippen molar-refractivity contribution in [2.45, 2.75) is 37.5 Å². The van der Waals surface area contributed by atoms with E-state index in [0.29, 0.717) is 32.3 Å². The lowest BCUT2D eigenvalue weighted by Crippen LogP contribution is -2.07. The summed E-state index contributed by atoms with van der Waals surface area (Å²) >= 11 is 0. The van der Waals surface area contributed by atoms with E-state index in [0.717, 1.165) is 12.1 Å². The first-order chi connectivity index (χ1) is 9.45. The Hall–Kier alpha value is -1.43. The molecule has 0 heterocycles. The molecule has 20 heavy (non-hydrogen) atoms. The van der Waals surface area contributed by atoms with Gasteiger partial charge in [-0.3, -0.25) is 4.79 Å². The van der Waals surface area contributed by atoms with Crippen LogP contribution in [0.2, 0.25) is 0 Å². The molecule has 0 aliphatic carbocycles. The third-order valence-corrected chi connectivity index (χ3v) is 4.59. The van der Waals surface area contributed by atoms with Crippen molar-refractivity contribution in [2.24, 2.45) is 0 Å². The Bertz CT molecular complexity index is 523. The second-order valence-electron chi connectivity index (χ2n) is 4.39. The van der Waals surface area contributed by atoms with Crippen LogP contribution in [0.5, 0.6) is 0 Å². The lowest BCUT2D eigenvalue weighted by molar-refractivity contribution is -0.143. The summed E-state index contributed by atoms with van der Waals surface area (Å²) in [6, 6.07) is 4.80. The molecule has 4 nitrogen and oxygen atoms in total. The molecule has 0 aliphatic rings. The summed E-state index contributed by atoms with van der Waals surface area (Å²) < 4.78 is 41.4. The number of ether oxygens (including phenoxy) is 1. The maximum absolute atomic E-state index is 12.7. The van der Waals surface area contributed by atoms with Crippen LogP contribution in [-0.2, 0) is 19.4 Å². The smallest absolute Gasteiger partial charge is 0.305 e. The molecular weight excluding hydrogens is 283 g/mol. The third kappa shape index (κ3) is 5.69. The minimum atomic E-state index is -3.37. The summed E-state index contributed by atoms with van der Waals surface area (Å²) in [5.41, 5.74) is 0. The normalized spacial score (nSPS) is 11.3. The van der Waals surface area contributed by atoms with Gasteiger partial charge >= 0.3 is 5.97 Å². The molecule has 0 bridgehead atoms. The van der Waals surface area contributed by atoms with Crippen molar-refractivity contribution in [1.29, 1.82) is 0 Å². The summed E-state index contributed by atoms with van der Waals surface area (Å²) in [5.74, 6) is -0.714. The molecule has 0 aliphatic heterocycles. The number of esters is 1. The van der Waals surface area contributed by atoms with Crippen LogP contribution in [0.4, 0.5) is 4.39 Å². The summed E-state index contributed by atoms with van der Waals surface area (Å²) in [6.45, 7) is 2.10. The first kappa shape index (κ1) is 16.6. The average Bonchev–Trinajstić information content (AvgIpc) is 2.39. The molecule has 0 saturated carbocycles. The molecule has 0 atom stereocenters. The summed E-state index contributed by atoms with van der Waals surface area (Å²) in [6.07, 6.45) is 2.03. The number of rotatable bonds is 8. The Morgan fingerprint density at radius 3 is 2.40 bits per heavy atom. The van der Waals surface area contributed by atoms with Crippen molar-refractivity contribution >= 4 is 15.8 Å². The standard InChI is InChI=1S/C14H19FO4S/c1-2-19-14(16)6-4-3-5-11-20(17,18)13-9-7-12(15)8-10-13/h7-10H,2-6,11H2,1H3. The number of sulfone groups is 1. The van der Waals surface area contributed by atoms with E-state index in [2.05, 4.69) is 0 Å². The molecule has 0 spiro atoms. The monoisotopic (exact) mass is 302 g/mol. The van der Waals surface area contributed by atoms with Crippen LogP contribution >= 0.6 is 0 Å². The van der Waals surface area contributed by atoms with Crippen LogP contribution in [0.3, 0.4) is 0 Å². The van der Waals surface area contributed by atoms with Crippen LogP contribution in [0.25, 0.3) is 0 Å².